The van der Waals surface area contributed by atoms with Gasteiger partial charge in [-0.15, -0.1) is 0 Å². The molecule has 0 saturated carbocycles. The van der Waals surface area contributed by atoms with Crippen molar-refractivity contribution in [2.24, 2.45) is 0 Å². The van der Waals surface area contributed by atoms with E-state index in [9.17, 15) is 14.0 Å². The molecule has 4 nitrogen and oxygen atoms in total. The van der Waals surface area contributed by atoms with Gasteiger partial charge < -0.3 is 10.5 Å². The first kappa shape index (κ1) is 12.2. The lowest BCUT2D eigenvalue weighted by Gasteiger charge is -2.07. The highest BCUT2D eigenvalue weighted by Gasteiger charge is 2.13. The first-order valence-electron chi connectivity index (χ1n) is 4.64. The van der Waals surface area contributed by atoms with Crippen LogP contribution < -0.4 is 5.73 Å². The topological polar surface area (TPSA) is 69.4 Å². The first-order chi connectivity index (χ1) is 7.41. The van der Waals surface area contributed by atoms with Crippen molar-refractivity contribution in [3.8, 4) is 0 Å². The Morgan fingerprint density at radius 3 is 2.62 bits per heavy atom. The molecule has 16 heavy (non-hydrogen) atoms. The largest absolute Gasteiger partial charge is 0.457 e. The number of carbonyl (C=O) groups excluding carboxylic acids is 2. The number of aryl methyl sites for hydroxylation is 1. The van der Waals surface area contributed by atoms with Gasteiger partial charge in [-0.05, 0) is 24.6 Å². The number of ether oxygens (including phenoxy) is 1. The second kappa shape index (κ2) is 4.74. The fraction of sp³-hybridized carbons (Fsp3) is 0.273. The van der Waals surface area contributed by atoms with Crippen LogP contribution in [0.15, 0.2) is 12.1 Å². The predicted molar refractivity (Wildman–Crippen MR) is 56.5 cm³/mol. The van der Waals surface area contributed by atoms with Crippen molar-refractivity contribution >= 4 is 17.4 Å². The van der Waals surface area contributed by atoms with Gasteiger partial charge in [0.15, 0.2) is 6.61 Å². The van der Waals surface area contributed by atoms with Crippen LogP contribution in [-0.4, -0.2) is 18.4 Å². The van der Waals surface area contributed by atoms with Gasteiger partial charge in [-0.3, -0.25) is 9.59 Å². The van der Waals surface area contributed by atoms with E-state index in [2.05, 4.69) is 4.74 Å². The highest BCUT2D eigenvalue weighted by atomic mass is 19.1. The third-order valence-electron chi connectivity index (χ3n) is 2.04. The number of ketones is 1. The van der Waals surface area contributed by atoms with Crippen LogP contribution in [-0.2, 0) is 9.53 Å². The van der Waals surface area contributed by atoms with Crippen LogP contribution in [0.5, 0.6) is 0 Å². The fourth-order valence-corrected chi connectivity index (χ4v) is 1.18. The molecule has 0 aliphatic carbocycles. The molecule has 0 spiro atoms. The van der Waals surface area contributed by atoms with Crippen LogP contribution in [0.25, 0.3) is 0 Å². The lowest BCUT2D eigenvalue weighted by Crippen LogP contribution is -2.14. The zero-order valence-corrected chi connectivity index (χ0v) is 9.04. The molecule has 0 aliphatic heterocycles. The number of carbonyl (C=O) groups is 2. The number of rotatable bonds is 3. The van der Waals surface area contributed by atoms with E-state index < -0.39 is 17.6 Å². The summed E-state index contributed by atoms with van der Waals surface area (Å²) in [6.45, 7) is 2.34. The molecule has 0 amide bonds. The highest BCUT2D eigenvalue weighted by molar-refractivity contribution is 6.02. The number of anilines is 1. The zero-order valence-electron chi connectivity index (χ0n) is 9.04. The van der Waals surface area contributed by atoms with E-state index in [-0.39, 0.29) is 17.9 Å². The third kappa shape index (κ3) is 2.79. The van der Waals surface area contributed by atoms with E-state index in [4.69, 9.17) is 5.73 Å². The van der Waals surface area contributed by atoms with Crippen molar-refractivity contribution in [2.75, 3.05) is 12.3 Å². The predicted octanol–water partition coefficient (Wildman–Crippen LogP) is 1.46. The van der Waals surface area contributed by atoms with E-state index in [0.29, 0.717) is 5.56 Å². The second-order valence-corrected chi connectivity index (χ2v) is 3.39. The fourth-order valence-electron chi connectivity index (χ4n) is 1.18. The summed E-state index contributed by atoms with van der Waals surface area (Å²) in [6, 6.07) is 2.42. The second-order valence-electron chi connectivity index (χ2n) is 3.39. The van der Waals surface area contributed by atoms with E-state index >= 15 is 0 Å². The van der Waals surface area contributed by atoms with Crippen LogP contribution in [0.2, 0.25) is 0 Å². The van der Waals surface area contributed by atoms with Crippen molar-refractivity contribution in [3.63, 3.8) is 0 Å². The summed E-state index contributed by atoms with van der Waals surface area (Å²) in [5.74, 6) is -1.47. The number of hydrogen-bond acceptors (Lipinski definition) is 4. The molecule has 0 atom stereocenters. The molecular formula is C11H12FNO3. The van der Waals surface area contributed by atoms with Crippen LogP contribution in [0.1, 0.15) is 22.8 Å². The number of nitrogens with two attached hydrogens (primary N) is 1. The first-order valence-corrected chi connectivity index (χ1v) is 4.64. The van der Waals surface area contributed by atoms with Crippen molar-refractivity contribution < 1.29 is 18.7 Å². The van der Waals surface area contributed by atoms with Crippen molar-refractivity contribution in [1.82, 2.24) is 0 Å². The number of Topliss-reactive ketones (excluding diaryl/α,β-unsaturated/α-hetero) is 1. The smallest absolute Gasteiger partial charge is 0.303 e. The SMILES string of the molecule is CC(=O)OCC(=O)c1cc(C)c(F)cc1N. The van der Waals surface area contributed by atoms with Gasteiger partial charge >= 0.3 is 5.97 Å². The monoisotopic (exact) mass is 225 g/mol. The van der Waals surface area contributed by atoms with Crippen molar-refractivity contribution in [2.45, 2.75) is 13.8 Å². The average molecular weight is 225 g/mol. The van der Waals surface area contributed by atoms with E-state index in [1.807, 2.05) is 0 Å². The number of hydrogen-bond donors (Lipinski definition) is 1. The molecule has 5 heteroatoms. The number of halogens is 1. The molecular weight excluding hydrogens is 213 g/mol. The van der Waals surface area contributed by atoms with Crippen LogP contribution in [0.3, 0.4) is 0 Å². The number of benzene rings is 1. The molecule has 0 saturated heterocycles. The van der Waals surface area contributed by atoms with Crippen LogP contribution in [0.4, 0.5) is 10.1 Å². The normalized spacial score (nSPS) is 9.94. The Labute approximate surface area is 92.2 Å². The molecule has 1 aromatic rings. The van der Waals surface area contributed by atoms with E-state index in [1.54, 1.807) is 0 Å². The standard InChI is InChI=1S/C11H12FNO3/c1-6-3-8(10(13)4-9(6)12)11(15)5-16-7(2)14/h3-4H,5,13H2,1-2H3. The Balaban J connectivity index is 2.91. The summed E-state index contributed by atoms with van der Waals surface area (Å²) in [5, 5.41) is 0. The summed E-state index contributed by atoms with van der Waals surface area (Å²) in [6.07, 6.45) is 0. The van der Waals surface area contributed by atoms with Gasteiger partial charge in [-0.2, -0.15) is 0 Å². The van der Waals surface area contributed by atoms with Gasteiger partial charge in [0.25, 0.3) is 0 Å². The number of nitrogen functional groups attached to an aromatic ring is 1. The molecule has 0 aliphatic rings. The Kier molecular flexibility index (Phi) is 3.60. The third-order valence-corrected chi connectivity index (χ3v) is 2.04. The molecule has 0 bridgehead atoms. The van der Waals surface area contributed by atoms with Gasteiger partial charge in [0, 0.05) is 18.2 Å². The van der Waals surface area contributed by atoms with E-state index in [0.717, 1.165) is 6.07 Å². The summed E-state index contributed by atoms with van der Waals surface area (Å²) >= 11 is 0. The van der Waals surface area contributed by atoms with Crippen molar-refractivity contribution in [3.05, 3.63) is 29.1 Å². The summed E-state index contributed by atoms with van der Waals surface area (Å²) < 4.78 is 17.6. The minimum absolute atomic E-state index is 0.0419. The summed E-state index contributed by atoms with van der Waals surface area (Å²) in [5.41, 5.74) is 6.02. The Morgan fingerprint density at radius 2 is 2.06 bits per heavy atom. The summed E-state index contributed by atoms with van der Waals surface area (Å²) in [7, 11) is 0. The lowest BCUT2D eigenvalue weighted by atomic mass is 10.1. The number of esters is 1. The van der Waals surface area contributed by atoms with Gasteiger partial charge in [0.1, 0.15) is 5.82 Å². The van der Waals surface area contributed by atoms with E-state index in [1.165, 1.54) is 19.9 Å². The minimum Gasteiger partial charge on any atom is -0.457 e. The molecule has 0 radical (unpaired) electrons. The maximum Gasteiger partial charge on any atom is 0.303 e. The van der Waals surface area contributed by atoms with Crippen LogP contribution in [0, 0.1) is 12.7 Å². The Morgan fingerprint density at radius 1 is 1.44 bits per heavy atom. The maximum absolute atomic E-state index is 13.1. The highest BCUT2D eigenvalue weighted by Crippen LogP contribution is 2.18. The Bertz CT molecular complexity index is 443. The summed E-state index contributed by atoms with van der Waals surface area (Å²) in [4.78, 5) is 22.1. The van der Waals surface area contributed by atoms with Crippen LogP contribution >= 0.6 is 0 Å². The van der Waals surface area contributed by atoms with Gasteiger partial charge in [0.2, 0.25) is 5.78 Å². The zero-order chi connectivity index (χ0) is 12.3. The molecule has 1 aromatic carbocycles. The molecule has 0 aromatic heterocycles. The Hall–Kier alpha value is -1.91. The molecule has 0 heterocycles. The quantitative estimate of drug-likeness (QED) is 0.480. The molecule has 2 N–H and O–H groups in total. The maximum atomic E-state index is 13.1. The van der Waals surface area contributed by atoms with Gasteiger partial charge in [-0.25, -0.2) is 4.39 Å². The van der Waals surface area contributed by atoms with Crippen molar-refractivity contribution in [1.29, 1.82) is 0 Å². The minimum atomic E-state index is -0.550. The lowest BCUT2D eigenvalue weighted by molar-refractivity contribution is -0.139. The molecule has 0 unspecified atom stereocenters. The average Bonchev–Trinajstić information content (AvgIpc) is 2.20. The molecule has 0 fully saturated rings. The van der Waals surface area contributed by atoms with Gasteiger partial charge in [-0.1, -0.05) is 0 Å². The molecule has 86 valence electrons. The van der Waals surface area contributed by atoms with Gasteiger partial charge in [0.05, 0.1) is 0 Å². The molecule has 1 rings (SSSR count).